The van der Waals surface area contributed by atoms with Gasteiger partial charge < -0.3 is 5.11 Å². The molecule has 0 amide bonds. The Kier molecular flexibility index (Phi) is 4.22. The monoisotopic (exact) mass is 334 g/mol. The number of hydrogen-bond acceptors (Lipinski definition) is 2. The number of hydrogen-bond donors (Lipinski definition) is 1. The molecular formula is C16H19BrN2O. The van der Waals surface area contributed by atoms with Gasteiger partial charge in [-0.25, -0.2) is 0 Å². The fraction of sp³-hybridized carbons (Fsp3) is 0.438. The number of aromatic nitrogens is 2. The molecule has 1 aromatic heterocycles. The van der Waals surface area contributed by atoms with Gasteiger partial charge in [0.05, 0.1) is 17.8 Å². The van der Waals surface area contributed by atoms with Crippen LogP contribution in [0, 0.1) is 0 Å². The van der Waals surface area contributed by atoms with E-state index in [1.807, 2.05) is 30.3 Å². The average molecular weight is 335 g/mol. The zero-order chi connectivity index (χ0) is 13.9. The van der Waals surface area contributed by atoms with Crippen molar-refractivity contribution in [2.24, 2.45) is 0 Å². The molecule has 3 rings (SSSR count). The minimum Gasteiger partial charge on any atom is -0.388 e. The third kappa shape index (κ3) is 2.96. The Balaban J connectivity index is 1.70. The summed E-state index contributed by atoms with van der Waals surface area (Å²) in [7, 11) is 0. The second-order valence-corrected chi connectivity index (χ2v) is 6.32. The second kappa shape index (κ2) is 6.10. The molecule has 1 atom stereocenters. The van der Waals surface area contributed by atoms with Gasteiger partial charge >= 0.3 is 0 Å². The van der Waals surface area contributed by atoms with Crippen LogP contribution in [-0.4, -0.2) is 14.9 Å². The van der Waals surface area contributed by atoms with Crippen molar-refractivity contribution < 1.29 is 5.11 Å². The smallest absolute Gasteiger partial charge is 0.0857 e. The Morgan fingerprint density at radius 2 is 2.00 bits per heavy atom. The standard InChI is InChI=1S/C16H19BrN2O/c17-15-8-4-3-7-14(15)16(20)11-12-9-10-19(18-12)13-5-1-2-6-13/h3-4,7-10,13,16,20H,1-2,5-6,11H2. The molecule has 1 saturated carbocycles. The molecule has 1 heterocycles. The van der Waals surface area contributed by atoms with E-state index >= 15 is 0 Å². The van der Waals surface area contributed by atoms with E-state index in [0.717, 1.165) is 15.7 Å². The first kappa shape index (κ1) is 13.8. The molecule has 1 unspecified atom stereocenters. The first-order valence-electron chi connectivity index (χ1n) is 7.20. The van der Waals surface area contributed by atoms with Crippen molar-refractivity contribution in [1.29, 1.82) is 0 Å². The van der Waals surface area contributed by atoms with Gasteiger partial charge in [-0.2, -0.15) is 5.10 Å². The number of aliphatic hydroxyl groups excluding tert-OH is 1. The highest BCUT2D eigenvalue weighted by Gasteiger charge is 2.19. The SMILES string of the molecule is OC(Cc1ccn(C2CCCC2)n1)c1ccccc1Br. The molecule has 0 radical (unpaired) electrons. The number of halogens is 1. The lowest BCUT2D eigenvalue weighted by molar-refractivity contribution is 0.176. The Morgan fingerprint density at radius 3 is 2.75 bits per heavy atom. The summed E-state index contributed by atoms with van der Waals surface area (Å²) in [4.78, 5) is 0. The van der Waals surface area contributed by atoms with Gasteiger partial charge in [-0.15, -0.1) is 0 Å². The molecular weight excluding hydrogens is 316 g/mol. The van der Waals surface area contributed by atoms with Crippen LogP contribution in [-0.2, 0) is 6.42 Å². The number of nitrogens with zero attached hydrogens (tertiary/aromatic N) is 2. The molecule has 20 heavy (non-hydrogen) atoms. The zero-order valence-corrected chi connectivity index (χ0v) is 13.0. The van der Waals surface area contributed by atoms with Crippen LogP contribution in [0.25, 0.3) is 0 Å². The molecule has 1 N–H and O–H groups in total. The molecule has 1 fully saturated rings. The Hall–Kier alpha value is -1.13. The third-order valence-electron chi connectivity index (χ3n) is 4.03. The molecule has 1 aliphatic carbocycles. The molecule has 4 heteroatoms. The van der Waals surface area contributed by atoms with Crippen LogP contribution in [0.1, 0.15) is 49.1 Å². The Bertz CT molecular complexity index is 575. The van der Waals surface area contributed by atoms with Crippen molar-refractivity contribution in [1.82, 2.24) is 9.78 Å². The van der Waals surface area contributed by atoms with Gasteiger partial charge in [-0.1, -0.05) is 47.0 Å². The lowest BCUT2D eigenvalue weighted by Crippen LogP contribution is -2.07. The highest BCUT2D eigenvalue weighted by atomic mass is 79.9. The predicted molar refractivity (Wildman–Crippen MR) is 82.5 cm³/mol. The molecule has 106 valence electrons. The average Bonchev–Trinajstić information content (AvgIpc) is 3.09. The maximum absolute atomic E-state index is 10.4. The summed E-state index contributed by atoms with van der Waals surface area (Å²) < 4.78 is 3.03. The van der Waals surface area contributed by atoms with E-state index in [4.69, 9.17) is 0 Å². The minimum atomic E-state index is -0.516. The van der Waals surface area contributed by atoms with Gasteiger partial charge in [-0.3, -0.25) is 4.68 Å². The first-order valence-corrected chi connectivity index (χ1v) is 8.00. The summed E-state index contributed by atoms with van der Waals surface area (Å²) in [5, 5.41) is 15.0. The predicted octanol–water partition coefficient (Wildman–Crippen LogP) is 4.04. The van der Waals surface area contributed by atoms with Crippen molar-refractivity contribution in [2.75, 3.05) is 0 Å². The Morgan fingerprint density at radius 1 is 1.25 bits per heavy atom. The van der Waals surface area contributed by atoms with E-state index in [0.29, 0.717) is 12.5 Å². The maximum Gasteiger partial charge on any atom is 0.0857 e. The van der Waals surface area contributed by atoms with Crippen LogP contribution in [0.3, 0.4) is 0 Å². The fourth-order valence-corrected chi connectivity index (χ4v) is 3.46. The topological polar surface area (TPSA) is 38.0 Å². The van der Waals surface area contributed by atoms with Crippen LogP contribution in [0.4, 0.5) is 0 Å². The van der Waals surface area contributed by atoms with Crippen molar-refractivity contribution in [3.63, 3.8) is 0 Å². The second-order valence-electron chi connectivity index (χ2n) is 5.47. The van der Waals surface area contributed by atoms with E-state index in [9.17, 15) is 5.11 Å². The van der Waals surface area contributed by atoms with Crippen molar-refractivity contribution in [3.05, 3.63) is 52.3 Å². The minimum absolute atomic E-state index is 0.516. The maximum atomic E-state index is 10.4. The first-order chi connectivity index (χ1) is 9.74. The largest absolute Gasteiger partial charge is 0.388 e. The summed E-state index contributed by atoms with van der Waals surface area (Å²) >= 11 is 3.48. The third-order valence-corrected chi connectivity index (χ3v) is 4.75. The quantitative estimate of drug-likeness (QED) is 0.916. The van der Waals surface area contributed by atoms with Crippen molar-refractivity contribution >= 4 is 15.9 Å². The highest BCUT2D eigenvalue weighted by molar-refractivity contribution is 9.10. The van der Waals surface area contributed by atoms with Crippen LogP contribution in [0.2, 0.25) is 0 Å². The van der Waals surface area contributed by atoms with Gasteiger partial charge in [0.2, 0.25) is 0 Å². The Labute approximate surface area is 127 Å². The zero-order valence-electron chi connectivity index (χ0n) is 11.4. The highest BCUT2D eigenvalue weighted by Crippen LogP contribution is 2.29. The molecule has 0 bridgehead atoms. The normalized spacial score (nSPS) is 17.5. The molecule has 0 aliphatic heterocycles. The summed E-state index contributed by atoms with van der Waals surface area (Å²) in [6.07, 6.45) is 7.17. The summed E-state index contributed by atoms with van der Waals surface area (Å²) in [6.45, 7) is 0. The van der Waals surface area contributed by atoms with Crippen molar-refractivity contribution in [2.45, 2.75) is 44.2 Å². The molecule has 3 nitrogen and oxygen atoms in total. The molecule has 0 saturated heterocycles. The molecule has 0 spiro atoms. The van der Waals surface area contributed by atoms with Gasteiger partial charge in [0.15, 0.2) is 0 Å². The van der Waals surface area contributed by atoms with Gasteiger partial charge in [0, 0.05) is 17.1 Å². The van der Waals surface area contributed by atoms with E-state index in [-0.39, 0.29) is 0 Å². The number of benzene rings is 1. The van der Waals surface area contributed by atoms with Crippen LogP contribution < -0.4 is 0 Å². The van der Waals surface area contributed by atoms with E-state index in [1.54, 1.807) is 0 Å². The summed E-state index contributed by atoms with van der Waals surface area (Å²) in [5.74, 6) is 0. The van der Waals surface area contributed by atoms with Crippen molar-refractivity contribution in [3.8, 4) is 0 Å². The molecule has 2 aromatic rings. The summed E-state index contributed by atoms with van der Waals surface area (Å²) in [6, 6.07) is 10.4. The lowest BCUT2D eigenvalue weighted by Gasteiger charge is -2.12. The lowest BCUT2D eigenvalue weighted by atomic mass is 10.1. The van der Waals surface area contributed by atoms with Gasteiger partial charge in [-0.05, 0) is 30.5 Å². The number of rotatable bonds is 4. The fourth-order valence-electron chi connectivity index (χ4n) is 2.91. The van der Waals surface area contributed by atoms with Crippen LogP contribution >= 0.6 is 15.9 Å². The number of aliphatic hydroxyl groups is 1. The van der Waals surface area contributed by atoms with E-state index in [1.165, 1.54) is 25.7 Å². The van der Waals surface area contributed by atoms with Crippen LogP contribution in [0.5, 0.6) is 0 Å². The molecule has 1 aromatic carbocycles. The van der Waals surface area contributed by atoms with Crippen LogP contribution in [0.15, 0.2) is 41.0 Å². The summed E-state index contributed by atoms with van der Waals surface area (Å²) in [5.41, 5.74) is 1.88. The van der Waals surface area contributed by atoms with E-state index in [2.05, 4.69) is 31.9 Å². The van der Waals surface area contributed by atoms with Gasteiger partial charge in [0.1, 0.15) is 0 Å². The van der Waals surface area contributed by atoms with Gasteiger partial charge in [0.25, 0.3) is 0 Å². The molecule has 1 aliphatic rings. The van der Waals surface area contributed by atoms with E-state index < -0.39 is 6.10 Å².